The van der Waals surface area contributed by atoms with Gasteiger partial charge in [0.15, 0.2) is 0 Å². The van der Waals surface area contributed by atoms with Crippen LogP contribution in [-0.2, 0) is 13.0 Å². The van der Waals surface area contributed by atoms with Gasteiger partial charge in [-0.1, -0.05) is 30.3 Å². The van der Waals surface area contributed by atoms with Crippen molar-refractivity contribution in [3.63, 3.8) is 0 Å². The van der Waals surface area contributed by atoms with Crippen LogP contribution in [0, 0.1) is 6.92 Å². The number of para-hydroxylation sites is 3. The molecule has 2 aromatic heterocycles. The van der Waals surface area contributed by atoms with Crippen LogP contribution in [0.15, 0.2) is 54.6 Å². The Hall–Kier alpha value is -3.61. The highest BCUT2D eigenvalue weighted by Gasteiger charge is 2.12. The largest absolute Gasteiger partial charge is 0.496 e. The highest BCUT2D eigenvalue weighted by Crippen LogP contribution is 2.21. The summed E-state index contributed by atoms with van der Waals surface area (Å²) in [6.07, 6.45) is 0.800. The van der Waals surface area contributed by atoms with Crippen molar-refractivity contribution in [2.75, 3.05) is 18.2 Å². The number of aryl methyl sites for hydroxylation is 1. The SMILES string of the molecule is COc1ccccc1C[C@@H](C)Nc1cc(Cn2c(C)nc3ccccc32)nc(N)n1. The van der Waals surface area contributed by atoms with Crippen LogP contribution >= 0.6 is 0 Å². The molecule has 154 valence electrons. The van der Waals surface area contributed by atoms with Gasteiger partial charge >= 0.3 is 0 Å². The molecular weight excluding hydrogens is 376 g/mol. The molecule has 0 radical (unpaired) electrons. The summed E-state index contributed by atoms with van der Waals surface area (Å²) in [7, 11) is 1.69. The van der Waals surface area contributed by atoms with Crippen LogP contribution < -0.4 is 15.8 Å². The molecule has 0 amide bonds. The van der Waals surface area contributed by atoms with Crippen LogP contribution in [-0.4, -0.2) is 32.7 Å². The summed E-state index contributed by atoms with van der Waals surface area (Å²) in [4.78, 5) is 13.4. The normalized spacial score (nSPS) is 12.1. The quantitative estimate of drug-likeness (QED) is 0.488. The van der Waals surface area contributed by atoms with E-state index in [4.69, 9.17) is 10.5 Å². The number of nitrogens with two attached hydrogens (primary N) is 1. The van der Waals surface area contributed by atoms with Gasteiger partial charge in [-0.15, -0.1) is 0 Å². The maximum absolute atomic E-state index is 6.01. The molecule has 0 unspecified atom stereocenters. The molecule has 0 aliphatic carbocycles. The molecule has 0 spiro atoms. The molecule has 0 saturated carbocycles. The van der Waals surface area contributed by atoms with Crippen LogP contribution in [0.3, 0.4) is 0 Å². The van der Waals surface area contributed by atoms with Crippen molar-refractivity contribution in [2.24, 2.45) is 0 Å². The molecule has 4 aromatic rings. The van der Waals surface area contributed by atoms with Gasteiger partial charge in [-0.05, 0) is 44.0 Å². The zero-order valence-electron chi connectivity index (χ0n) is 17.5. The number of nitrogen functional groups attached to an aromatic ring is 1. The second-order valence-corrected chi connectivity index (χ2v) is 7.40. The van der Waals surface area contributed by atoms with Crippen molar-refractivity contribution in [1.82, 2.24) is 19.5 Å². The molecule has 7 nitrogen and oxygen atoms in total. The van der Waals surface area contributed by atoms with Gasteiger partial charge < -0.3 is 20.4 Å². The van der Waals surface area contributed by atoms with E-state index in [9.17, 15) is 0 Å². The summed E-state index contributed by atoms with van der Waals surface area (Å²) in [5.74, 6) is 2.78. The van der Waals surface area contributed by atoms with Crippen molar-refractivity contribution in [1.29, 1.82) is 0 Å². The molecule has 0 aliphatic heterocycles. The van der Waals surface area contributed by atoms with Crippen molar-refractivity contribution >= 4 is 22.8 Å². The second kappa shape index (κ2) is 8.41. The third kappa shape index (κ3) is 4.20. The highest BCUT2D eigenvalue weighted by molar-refractivity contribution is 5.76. The number of anilines is 2. The molecule has 7 heteroatoms. The lowest BCUT2D eigenvalue weighted by molar-refractivity contribution is 0.409. The third-order valence-electron chi connectivity index (χ3n) is 5.07. The lowest BCUT2D eigenvalue weighted by Gasteiger charge is -2.17. The topological polar surface area (TPSA) is 90.9 Å². The van der Waals surface area contributed by atoms with E-state index in [1.807, 2.05) is 49.4 Å². The van der Waals surface area contributed by atoms with Crippen LogP contribution in [0.5, 0.6) is 5.75 Å². The lowest BCUT2D eigenvalue weighted by Crippen LogP contribution is -2.20. The first-order valence-corrected chi connectivity index (χ1v) is 9.97. The van der Waals surface area contributed by atoms with E-state index in [1.165, 1.54) is 0 Å². The molecule has 2 heterocycles. The first kappa shape index (κ1) is 19.7. The van der Waals surface area contributed by atoms with E-state index in [1.54, 1.807) is 7.11 Å². The molecule has 30 heavy (non-hydrogen) atoms. The van der Waals surface area contributed by atoms with E-state index in [2.05, 4.69) is 43.9 Å². The van der Waals surface area contributed by atoms with Crippen LogP contribution in [0.4, 0.5) is 11.8 Å². The molecule has 3 N–H and O–H groups in total. The summed E-state index contributed by atoms with van der Waals surface area (Å²) < 4.78 is 7.60. The predicted molar refractivity (Wildman–Crippen MR) is 120 cm³/mol. The number of aromatic nitrogens is 4. The Bertz CT molecular complexity index is 1170. The standard InChI is InChI=1S/C23H26N6O/c1-15(12-17-8-4-7-11-21(17)30-3)25-22-13-18(27-23(24)28-22)14-29-16(2)26-19-9-5-6-10-20(19)29/h4-11,13,15H,12,14H2,1-3H3,(H3,24,25,27,28)/t15-/m1/s1. The number of imidazole rings is 1. The Morgan fingerprint density at radius 2 is 1.83 bits per heavy atom. The Morgan fingerprint density at radius 3 is 2.67 bits per heavy atom. The number of benzene rings is 2. The van der Waals surface area contributed by atoms with Gasteiger partial charge in [0.05, 0.1) is 30.4 Å². The number of hydrogen-bond acceptors (Lipinski definition) is 6. The van der Waals surface area contributed by atoms with Crippen molar-refractivity contribution in [3.05, 3.63) is 71.7 Å². The average molecular weight is 403 g/mol. The maximum Gasteiger partial charge on any atom is 0.222 e. The van der Waals surface area contributed by atoms with Crippen molar-refractivity contribution < 1.29 is 4.74 Å². The summed E-state index contributed by atoms with van der Waals surface area (Å²) in [6, 6.07) is 18.2. The molecule has 0 bridgehead atoms. The second-order valence-electron chi connectivity index (χ2n) is 7.40. The number of methoxy groups -OCH3 is 1. The van der Waals surface area contributed by atoms with E-state index < -0.39 is 0 Å². The molecular formula is C23H26N6O. The molecule has 0 fully saturated rings. The van der Waals surface area contributed by atoms with E-state index in [0.717, 1.165) is 40.3 Å². The first-order chi connectivity index (χ1) is 14.5. The number of nitrogens with zero attached hydrogens (tertiary/aromatic N) is 4. The molecule has 1 atom stereocenters. The van der Waals surface area contributed by atoms with Gasteiger partial charge in [0.2, 0.25) is 5.95 Å². The number of rotatable bonds is 7. The monoisotopic (exact) mass is 402 g/mol. The summed E-state index contributed by atoms with van der Waals surface area (Å²) in [5.41, 5.74) is 10.0. The van der Waals surface area contributed by atoms with Gasteiger partial charge in [-0.2, -0.15) is 4.98 Å². The van der Waals surface area contributed by atoms with Crippen LogP contribution in [0.2, 0.25) is 0 Å². The lowest BCUT2D eigenvalue weighted by atomic mass is 10.1. The van der Waals surface area contributed by atoms with Gasteiger partial charge in [0, 0.05) is 12.1 Å². The number of nitrogens with one attached hydrogen (secondary N) is 1. The minimum absolute atomic E-state index is 0.138. The van der Waals surface area contributed by atoms with Gasteiger partial charge in [-0.25, -0.2) is 9.97 Å². The predicted octanol–water partition coefficient (Wildman–Crippen LogP) is 3.82. The molecule has 0 aliphatic rings. The molecule has 2 aromatic carbocycles. The van der Waals surface area contributed by atoms with E-state index in [0.29, 0.717) is 12.4 Å². The van der Waals surface area contributed by atoms with E-state index in [-0.39, 0.29) is 12.0 Å². The number of hydrogen-bond donors (Lipinski definition) is 2. The Labute approximate surface area is 175 Å². The fourth-order valence-corrected chi connectivity index (χ4v) is 3.74. The smallest absolute Gasteiger partial charge is 0.222 e. The minimum Gasteiger partial charge on any atom is -0.496 e. The first-order valence-electron chi connectivity index (χ1n) is 9.97. The average Bonchev–Trinajstić information content (AvgIpc) is 3.03. The summed E-state index contributed by atoms with van der Waals surface area (Å²) in [6.45, 7) is 4.69. The van der Waals surface area contributed by atoms with Crippen LogP contribution in [0.1, 0.15) is 24.0 Å². The molecule has 4 rings (SSSR count). The van der Waals surface area contributed by atoms with Crippen molar-refractivity contribution in [2.45, 2.75) is 32.9 Å². The fourth-order valence-electron chi connectivity index (χ4n) is 3.74. The van der Waals surface area contributed by atoms with Gasteiger partial charge in [0.25, 0.3) is 0 Å². The zero-order chi connectivity index (χ0) is 21.1. The number of ether oxygens (including phenoxy) is 1. The van der Waals surface area contributed by atoms with Gasteiger partial charge in [0.1, 0.15) is 17.4 Å². The fraction of sp³-hybridized carbons (Fsp3) is 0.261. The minimum atomic E-state index is 0.138. The third-order valence-corrected chi connectivity index (χ3v) is 5.07. The molecule has 0 saturated heterocycles. The Morgan fingerprint density at radius 1 is 1.07 bits per heavy atom. The Kier molecular flexibility index (Phi) is 5.52. The zero-order valence-corrected chi connectivity index (χ0v) is 17.5. The summed E-state index contributed by atoms with van der Waals surface area (Å²) in [5, 5.41) is 3.44. The van der Waals surface area contributed by atoms with E-state index >= 15 is 0 Å². The van der Waals surface area contributed by atoms with Crippen molar-refractivity contribution in [3.8, 4) is 5.75 Å². The maximum atomic E-state index is 6.01. The highest BCUT2D eigenvalue weighted by atomic mass is 16.5. The Balaban J connectivity index is 1.54. The van der Waals surface area contributed by atoms with Gasteiger partial charge in [-0.3, -0.25) is 0 Å². The summed E-state index contributed by atoms with van der Waals surface area (Å²) >= 11 is 0. The number of fused-ring (bicyclic) bond motifs is 1. The van der Waals surface area contributed by atoms with Crippen LogP contribution in [0.25, 0.3) is 11.0 Å².